The van der Waals surface area contributed by atoms with Crippen molar-refractivity contribution in [1.29, 1.82) is 0 Å². The van der Waals surface area contributed by atoms with Crippen LogP contribution >= 0.6 is 0 Å². The average Bonchev–Trinajstić information content (AvgIpc) is 3.11. The summed E-state index contributed by atoms with van der Waals surface area (Å²) in [7, 11) is 0. The average molecular weight is 373 g/mol. The Morgan fingerprint density at radius 3 is 2.32 bits per heavy atom. The minimum Gasteiger partial charge on any atom is -0.325 e. The summed E-state index contributed by atoms with van der Waals surface area (Å²) in [5.74, 6) is -0.293. The standard InChI is InChI=1S/C21H19N5O2/c1-14-3-7-16(8-4-14)24-19(27)12-25-13-22-20-18(21(25)28)11-23-26(20)17-9-5-15(2)6-10-17/h3-11,13H,12H2,1-2H3,(H,24,27). The predicted octanol–water partition coefficient (Wildman–Crippen LogP) is 2.84. The fourth-order valence-electron chi connectivity index (χ4n) is 2.93. The second kappa shape index (κ2) is 7.11. The number of fused-ring (bicyclic) bond motifs is 1. The van der Waals surface area contributed by atoms with Gasteiger partial charge in [-0.2, -0.15) is 5.10 Å². The minimum absolute atomic E-state index is 0.120. The molecule has 0 saturated carbocycles. The highest BCUT2D eigenvalue weighted by molar-refractivity contribution is 5.90. The van der Waals surface area contributed by atoms with E-state index in [0.29, 0.717) is 16.7 Å². The summed E-state index contributed by atoms with van der Waals surface area (Å²) < 4.78 is 2.90. The molecule has 0 aliphatic heterocycles. The van der Waals surface area contributed by atoms with Crippen LogP contribution in [0.1, 0.15) is 11.1 Å². The monoisotopic (exact) mass is 373 g/mol. The Kier molecular flexibility index (Phi) is 4.49. The van der Waals surface area contributed by atoms with Crippen LogP contribution in [0.5, 0.6) is 0 Å². The molecule has 140 valence electrons. The lowest BCUT2D eigenvalue weighted by molar-refractivity contribution is -0.116. The van der Waals surface area contributed by atoms with Gasteiger partial charge in [-0.25, -0.2) is 9.67 Å². The Bertz CT molecular complexity index is 1200. The van der Waals surface area contributed by atoms with Crippen molar-refractivity contribution in [2.45, 2.75) is 20.4 Å². The summed E-state index contributed by atoms with van der Waals surface area (Å²) in [5.41, 5.74) is 3.91. The van der Waals surface area contributed by atoms with Gasteiger partial charge in [0.2, 0.25) is 5.91 Å². The van der Waals surface area contributed by atoms with Crippen LogP contribution in [0.4, 0.5) is 5.69 Å². The van der Waals surface area contributed by atoms with Gasteiger partial charge in [-0.3, -0.25) is 14.2 Å². The zero-order valence-electron chi connectivity index (χ0n) is 15.6. The van der Waals surface area contributed by atoms with E-state index in [1.54, 1.807) is 4.68 Å². The van der Waals surface area contributed by atoms with Gasteiger partial charge in [0.15, 0.2) is 5.65 Å². The second-order valence-electron chi connectivity index (χ2n) is 6.72. The summed E-state index contributed by atoms with van der Waals surface area (Å²) in [6.45, 7) is 3.86. The van der Waals surface area contributed by atoms with Crippen LogP contribution < -0.4 is 10.9 Å². The quantitative estimate of drug-likeness (QED) is 0.596. The van der Waals surface area contributed by atoms with E-state index in [4.69, 9.17) is 0 Å². The maximum Gasteiger partial charge on any atom is 0.264 e. The third-order valence-electron chi connectivity index (χ3n) is 4.48. The number of amides is 1. The maximum atomic E-state index is 12.7. The highest BCUT2D eigenvalue weighted by atomic mass is 16.2. The van der Waals surface area contributed by atoms with Crippen LogP contribution in [-0.2, 0) is 11.3 Å². The largest absolute Gasteiger partial charge is 0.325 e. The number of anilines is 1. The van der Waals surface area contributed by atoms with Crippen molar-refractivity contribution in [3.8, 4) is 5.69 Å². The van der Waals surface area contributed by atoms with Crippen LogP contribution in [0.25, 0.3) is 16.7 Å². The third-order valence-corrected chi connectivity index (χ3v) is 4.48. The van der Waals surface area contributed by atoms with Gasteiger partial charge in [0.25, 0.3) is 5.56 Å². The van der Waals surface area contributed by atoms with Crippen molar-refractivity contribution < 1.29 is 4.79 Å². The van der Waals surface area contributed by atoms with E-state index in [1.165, 1.54) is 17.1 Å². The van der Waals surface area contributed by atoms with E-state index in [2.05, 4.69) is 15.4 Å². The zero-order valence-corrected chi connectivity index (χ0v) is 15.6. The van der Waals surface area contributed by atoms with Crippen molar-refractivity contribution in [3.05, 3.63) is 82.5 Å². The van der Waals surface area contributed by atoms with E-state index in [-0.39, 0.29) is 18.0 Å². The second-order valence-corrected chi connectivity index (χ2v) is 6.72. The molecular formula is C21H19N5O2. The Balaban J connectivity index is 1.60. The third kappa shape index (κ3) is 3.42. The van der Waals surface area contributed by atoms with Crippen LogP contribution in [0.3, 0.4) is 0 Å². The van der Waals surface area contributed by atoms with Gasteiger partial charge in [0.05, 0.1) is 11.9 Å². The van der Waals surface area contributed by atoms with Crippen LogP contribution in [-0.4, -0.2) is 25.2 Å². The van der Waals surface area contributed by atoms with Crippen LogP contribution in [0.2, 0.25) is 0 Å². The molecule has 7 heteroatoms. The molecule has 2 aromatic heterocycles. The summed E-state index contributed by atoms with van der Waals surface area (Å²) in [4.78, 5) is 29.4. The number of carbonyl (C=O) groups excluding carboxylic acids is 1. The first-order valence-electron chi connectivity index (χ1n) is 8.88. The van der Waals surface area contributed by atoms with Crippen LogP contribution in [0.15, 0.2) is 65.8 Å². The fraction of sp³-hybridized carbons (Fsp3) is 0.143. The molecule has 0 radical (unpaired) electrons. The molecule has 0 spiro atoms. The molecule has 2 aromatic carbocycles. The van der Waals surface area contributed by atoms with Crippen LogP contribution in [0, 0.1) is 13.8 Å². The van der Waals surface area contributed by atoms with Crippen molar-refractivity contribution in [2.24, 2.45) is 0 Å². The van der Waals surface area contributed by atoms with E-state index in [0.717, 1.165) is 16.8 Å². The number of aryl methyl sites for hydroxylation is 2. The van der Waals surface area contributed by atoms with Gasteiger partial charge in [0.1, 0.15) is 18.3 Å². The summed E-state index contributed by atoms with van der Waals surface area (Å²) in [6, 6.07) is 15.3. The lowest BCUT2D eigenvalue weighted by atomic mass is 10.2. The number of hydrogen-bond acceptors (Lipinski definition) is 4. The first-order chi connectivity index (χ1) is 13.5. The van der Waals surface area contributed by atoms with Gasteiger partial charge >= 0.3 is 0 Å². The molecule has 1 amide bonds. The van der Waals surface area contributed by atoms with Gasteiger partial charge in [-0.05, 0) is 38.1 Å². The molecule has 0 bridgehead atoms. The highest BCUT2D eigenvalue weighted by Gasteiger charge is 2.13. The number of carbonyl (C=O) groups is 1. The molecule has 0 aliphatic rings. The molecule has 7 nitrogen and oxygen atoms in total. The molecule has 0 atom stereocenters. The highest BCUT2D eigenvalue weighted by Crippen LogP contribution is 2.14. The van der Waals surface area contributed by atoms with Gasteiger partial charge < -0.3 is 5.32 Å². The number of hydrogen-bond donors (Lipinski definition) is 1. The molecule has 4 rings (SSSR count). The minimum atomic E-state index is -0.303. The zero-order chi connectivity index (χ0) is 19.7. The Labute approximate surface area is 161 Å². The topological polar surface area (TPSA) is 81.8 Å². The maximum absolute atomic E-state index is 12.7. The Morgan fingerprint density at radius 2 is 1.64 bits per heavy atom. The summed E-state index contributed by atoms with van der Waals surface area (Å²) >= 11 is 0. The number of nitrogens with one attached hydrogen (secondary N) is 1. The lowest BCUT2D eigenvalue weighted by Crippen LogP contribution is -2.27. The first kappa shape index (κ1) is 17.7. The predicted molar refractivity (Wildman–Crippen MR) is 108 cm³/mol. The molecule has 0 unspecified atom stereocenters. The summed E-state index contributed by atoms with van der Waals surface area (Å²) in [5, 5.41) is 7.44. The Morgan fingerprint density at radius 1 is 1.00 bits per heavy atom. The lowest BCUT2D eigenvalue weighted by Gasteiger charge is -2.08. The molecule has 4 aromatic rings. The molecule has 28 heavy (non-hydrogen) atoms. The smallest absolute Gasteiger partial charge is 0.264 e. The normalized spacial score (nSPS) is 10.9. The molecule has 2 heterocycles. The molecule has 1 N–H and O–H groups in total. The van der Waals surface area contributed by atoms with Crippen molar-refractivity contribution in [1.82, 2.24) is 19.3 Å². The number of aromatic nitrogens is 4. The van der Waals surface area contributed by atoms with E-state index in [1.807, 2.05) is 62.4 Å². The fourth-order valence-corrected chi connectivity index (χ4v) is 2.93. The Hall–Kier alpha value is -3.74. The van der Waals surface area contributed by atoms with Gasteiger partial charge in [-0.15, -0.1) is 0 Å². The van der Waals surface area contributed by atoms with Crippen molar-refractivity contribution in [3.63, 3.8) is 0 Å². The van der Waals surface area contributed by atoms with E-state index < -0.39 is 0 Å². The molecule has 0 aliphatic carbocycles. The van der Waals surface area contributed by atoms with E-state index >= 15 is 0 Å². The molecule has 0 saturated heterocycles. The molecule has 0 fully saturated rings. The SMILES string of the molecule is Cc1ccc(NC(=O)Cn2cnc3c(cnn3-c3ccc(C)cc3)c2=O)cc1. The first-order valence-corrected chi connectivity index (χ1v) is 8.88. The van der Waals surface area contributed by atoms with Gasteiger partial charge in [-0.1, -0.05) is 35.4 Å². The number of rotatable bonds is 4. The number of nitrogens with zero attached hydrogens (tertiary/aromatic N) is 4. The summed E-state index contributed by atoms with van der Waals surface area (Å²) in [6.07, 6.45) is 2.87. The molecular weight excluding hydrogens is 354 g/mol. The van der Waals surface area contributed by atoms with Crippen molar-refractivity contribution in [2.75, 3.05) is 5.32 Å². The van der Waals surface area contributed by atoms with Crippen molar-refractivity contribution >= 4 is 22.6 Å². The van der Waals surface area contributed by atoms with E-state index in [9.17, 15) is 9.59 Å². The number of benzene rings is 2. The van der Waals surface area contributed by atoms with Gasteiger partial charge in [0, 0.05) is 5.69 Å².